The topological polar surface area (TPSA) is 99.7 Å². The minimum absolute atomic E-state index is 0.0290. The van der Waals surface area contributed by atoms with E-state index in [-0.39, 0.29) is 21.8 Å². The number of aromatic nitrogens is 2. The Balaban J connectivity index is 2.13. The van der Waals surface area contributed by atoms with Crippen LogP contribution in [0.15, 0.2) is 27.5 Å². The number of ether oxygens (including phenoxy) is 1. The van der Waals surface area contributed by atoms with Crippen LogP contribution in [0, 0.1) is 0 Å². The molecule has 162 valence electrons. The number of rotatable bonds is 4. The van der Waals surface area contributed by atoms with Crippen LogP contribution in [0.4, 0.5) is 10.5 Å². The third kappa shape index (κ3) is 4.21. The molecule has 8 nitrogen and oxygen atoms in total. The van der Waals surface area contributed by atoms with Crippen LogP contribution in [0.5, 0.6) is 5.75 Å². The summed E-state index contributed by atoms with van der Waals surface area (Å²) in [7, 11) is 0.335. The van der Waals surface area contributed by atoms with E-state index in [4.69, 9.17) is 16.3 Å². The molecule has 0 amide bonds. The van der Waals surface area contributed by atoms with Gasteiger partial charge in [0, 0.05) is 30.3 Å². The molecule has 11 heteroatoms. The number of carbonyl (C=O) groups excluding carboxylic acids is 2. The SMILES string of the molecule is COc1ccc(C(=O)c2cn(C(=O)SC)n(C)c2=O)c(Cl)c1N=S1(=O)CCCCC1. The van der Waals surface area contributed by atoms with E-state index in [1.165, 1.54) is 32.5 Å². The summed E-state index contributed by atoms with van der Waals surface area (Å²) in [5, 5.41) is -0.432. The molecule has 30 heavy (non-hydrogen) atoms. The predicted molar refractivity (Wildman–Crippen MR) is 119 cm³/mol. The highest BCUT2D eigenvalue weighted by Gasteiger charge is 2.25. The van der Waals surface area contributed by atoms with Crippen LogP contribution in [0.1, 0.15) is 35.2 Å². The quantitative estimate of drug-likeness (QED) is 0.630. The highest BCUT2D eigenvalue weighted by Crippen LogP contribution is 2.40. The van der Waals surface area contributed by atoms with E-state index in [9.17, 15) is 18.6 Å². The molecular formula is C19H22ClN3O5S2. The molecule has 0 atom stereocenters. The second-order valence-electron chi connectivity index (χ2n) is 6.83. The fourth-order valence-electron chi connectivity index (χ4n) is 3.27. The lowest BCUT2D eigenvalue weighted by Crippen LogP contribution is -2.24. The van der Waals surface area contributed by atoms with Gasteiger partial charge in [-0.3, -0.25) is 14.4 Å². The molecule has 1 aromatic heterocycles. The molecular weight excluding hydrogens is 450 g/mol. The maximum absolute atomic E-state index is 13.1. The standard InChI is InChI=1S/C19H22ClN3O5S2/c1-22-18(25)13(11-23(22)19(26)29-3)17(24)12-7-8-14(28-2)16(15(12)20)21-30(27)9-5-4-6-10-30/h7-8,11H,4-6,9-10H2,1-3H3. The van der Waals surface area contributed by atoms with Crippen molar-refractivity contribution in [2.75, 3.05) is 24.9 Å². The van der Waals surface area contributed by atoms with Crippen molar-refractivity contribution < 1.29 is 18.5 Å². The third-order valence-electron chi connectivity index (χ3n) is 4.93. The van der Waals surface area contributed by atoms with Gasteiger partial charge < -0.3 is 4.74 Å². The normalized spacial score (nSPS) is 15.6. The van der Waals surface area contributed by atoms with E-state index < -0.39 is 26.3 Å². The molecule has 1 fully saturated rings. The van der Waals surface area contributed by atoms with Crippen molar-refractivity contribution in [2.45, 2.75) is 19.3 Å². The molecule has 0 N–H and O–H groups in total. The van der Waals surface area contributed by atoms with Gasteiger partial charge in [0.2, 0.25) is 5.78 Å². The van der Waals surface area contributed by atoms with Gasteiger partial charge in [-0.15, -0.1) is 0 Å². The number of methoxy groups -OCH3 is 1. The highest BCUT2D eigenvalue weighted by atomic mass is 35.5. The Bertz CT molecular complexity index is 1180. The Labute approximate surface area is 183 Å². The largest absolute Gasteiger partial charge is 0.494 e. The molecule has 3 rings (SSSR count). The second kappa shape index (κ2) is 8.99. The summed E-state index contributed by atoms with van der Waals surface area (Å²) < 4.78 is 25.0. The maximum Gasteiger partial charge on any atom is 0.304 e. The van der Waals surface area contributed by atoms with E-state index >= 15 is 0 Å². The van der Waals surface area contributed by atoms with Crippen molar-refractivity contribution in [2.24, 2.45) is 11.4 Å². The van der Waals surface area contributed by atoms with Crippen molar-refractivity contribution in [3.63, 3.8) is 0 Å². The summed E-state index contributed by atoms with van der Waals surface area (Å²) in [5.41, 5.74) is -0.638. The van der Waals surface area contributed by atoms with E-state index in [0.717, 1.165) is 40.4 Å². The molecule has 1 saturated heterocycles. The summed E-state index contributed by atoms with van der Waals surface area (Å²) >= 11 is 7.42. The van der Waals surface area contributed by atoms with Crippen LogP contribution >= 0.6 is 23.4 Å². The minimum Gasteiger partial charge on any atom is -0.494 e. The van der Waals surface area contributed by atoms with Crippen molar-refractivity contribution in [3.05, 3.63) is 44.8 Å². The predicted octanol–water partition coefficient (Wildman–Crippen LogP) is 3.69. The summed E-state index contributed by atoms with van der Waals surface area (Å²) in [4.78, 5) is 37.6. The third-order valence-corrected chi connectivity index (χ3v) is 8.22. The molecule has 1 aliphatic heterocycles. The number of carbonyl (C=O) groups is 2. The van der Waals surface area contributed by atoms with Gasteiger partial charge in [-0.1, -0.05) is 29.8 Å². The molecule has 0 spiro atoms. The smallest absolute Gasteiger partial charge is 0.304 e. The summed E-state index contributed by atoms with van der Waals surface area (Å²) in [6.45, 7) is 0. The van der Waals surface area contributed by atoms with Gasteiger partial charge in [0.05, 0.1) is 21.9 Å². The van der Waals surface area contributed by atoms with Crippen LogP contribution < -0.4 is 10.3 Å². The number of hydrogen-bond acceptors (Lipinski definition) is 7. The second-order valence-corrected chi connectivity index (χ2v) is 10.5. The first kappa shape index (κ1) is 22.6. The lowest BCUT2D eigenvalue weighted by molar-refractivity contribution is 0.103. The lowest BCUT2D eigenvalue weighted by Gasteiger charge is -2.17. The Morgan fingerprint density at radius 3 is 2.47 bits per heavy atom. The Morgan fingerprint density at radius 2 is 1.87 bits per heavy atom. The molecule has 1 aliphatic rings. The average Bonchev–Trinajstić information content (AvgIpc) is 3.03. The number of halogens is 1. The molecule has 0 saturated carbocycles. The average molecular weight is 472 g/mol. The molecule has 0 bridgehead atoms. The van der Waals surface area contributed by atoms with Gasteiger partial charge in [0.1, 0.15) is 17.0 Å². The highest BCUT2D eigenvalue weighted by molar-refractivity contribution is 8.13. The van der Waals surface area contributed by atoms with Gasteiger partial charge in [-0.05, 0) is 31.2 Å². The number of ketones is 1. The van der Waals surface area contributed by atoms with Gasteiger partial charge in [-0.2, -0.15) is 4.36 Å². The molecule has 0 aliphatic carbocycles. The van der Waals surface area contributed by atoms with Crippen molar-refractivity contribution in [1.29, 1.82) is 0 Å². The van der Waals surface area contributed by atoms with Crippen LogP contribution in [-0.4, -0.2) is 49.5 Å². The van der Waals surface area contributed by atoms with Crippen LogP contribution in [0.2, 0.25) is 5.02 Å². The van der Waals surface area contributed by atoms with E-state index in [1.54, 1.807) is 6.26 Å². The minimum atomic E-state index is -2.50. The van der Waals surface area contributed by atoms with Crippen molar-refractivity contribution in [1.82, 2.24) is 9.36 Å². The lowest BCUT2D eigenvalue weighted by atomic mass is 10.0. The Kier molecular flexibility index (Phi) is 6.78. The summed E-state index contributed by atoms with van der Waals surface area (Å²) in [5.74, 6) is 0.578. The Morgan fingerprint density at radius 1 is 1.20 bits per heavy atom. The first-order chi connectivity index (χ1) is 14.2. The summed E-state index contributed by atoms with van der Waals surface area (Å²) in [6.07, 6.45) is 5.41. The summed E-state index contributed by atoms with van der Waals surface area (Å²) in [6, 6.07) is 2.95. The molecule has 0 radical (unpaired) electrons. The van der Waals surface area contributed by atoms with Gasteiger partial charge in [0.15, 0.2) is 0 Å². The first-order valence-electron chi connectivity index (χ1n) is 9.23. The zero-order chi connectivity index (χ0) is 22.1. The molecule has 1 aromatic carbocycles. The molecule has 2 aromatic rings. The van der Waals surface area contributed by atoms with E-state index in [1.807, 2.05) is 0 Å². The molecule has 2 heterocycles. The fourth-order valence-corrected chi connectivity index (χ4v) is 6.18. The van der Waals surface area contributed by atoms with Crippen LogP contribution in [-0.2, 0) is 16.8 Å². The molecule has 0 unspecified atom stereocenters. The van der Waals surface area contributed by atoms with Crippen LogP contribution in [0.25, 0.3) is 0 Å². The Hall–Kier alpha value is -2.04. The van der Waals surface area contributed by atoms with Crippen LogP contribution in [0.3, 0.4) is 0 Å². The monoisotopic (exact) mass is 471 g/mol. The van der Waals surface area contributed by atoms with E-state index in [0.29, 0.717) is 17.3 Å². The number of hydrogen-bond donors (Lipinski definition) is 0. The van der Waals surface area contributed by atoms with Gasteiger partial charge >= 0.3 is 5.24 Å². The number of benzene rings is 1. The van der Waals surface area contributed by atoms with Gasteiger partial charge in [0.25, 0.3) is 5.56 Å². The maximum atomic E-state index is 13.1. The van der Waals surface area contributed by atoms with E-state index in [2.05, 4.69) is 4.36 Å². The number of thioether (sulfide) groups is 1. The van der Waals surface area contributed by atoms with Crippen molar-refractivity contribution >= 4 is 49.8 Å². The fraction of sp³-hybridized carbons (Fsp3) is 0.421. The van der Waals surface area contributed by atoms with Crippen molar-refractivity contribution in [3.8, 4) is 5.75 Å². The number of nitrogens with zero attached hydrogens (tertiary/aromatic N) is 3. The zero-order valence-electron chi connectivity index (χ0n) is 16.8. The first-order valence-corrected chi connectivity index (χ1v) is 12.7. The zero-order valence-corrected chi connectivity index (χ0v) is 19.2. The van der Waals surface area contributed by atoms with Gasteiger partial charge in [-0.25, -0.2) is 13.6 Å².